The van der Waals surface area contributed by atoms with Crippen LogP contribution < -0.4 is 5.32 Å². The highest BCUT2D eigenvalue weighted by molar-refractivity contribution is 6.05. The van der Waals surface area contributed by atoms with E-state index in [1.807, 2.05) is 0 Å². The van der Waals surface area contributed by atoms with Crippen LogP contribution in [0, 0.1) is 0 Å². The van der Waals surface area contributed by atoms with E-state index >= 15 is 0 Å². The van der Waals surface area contributed by atoms with Crippen molar-refractivity contribution in [2.75, 3.05) is 5.32 Å². The maximum atomic E-state index is 11.6. The van der Waals surface area contributed by atoms with Gasteiger partial charge in [-0.2, -0.15) is 0 Å². The summed E-state index contributed by atoms with van der Waals surface area (Å²) in [5.74, 6) is -1.63. The number of carboxylic acids is 1. The molecule has 0 bridgehead atoms. The second-order valence-corrected chi connectivity index (χ2v) is 3.14. The first kappa shape index (κ1) is 10.9. The molecule has 1 amide bonds. The molecule has 17 heavy (non-hydrogen) atoms. The minimum Gasteiger partial charge on any atom is -0.476 e. The summed E-state index contributed by atoms with van der Waals surface area (Å²) in [6.45, 7) is 0. The van der Waals surface area contributed by atoms with Gasteiger partial charge in [-0.1, -0.05) is 0 Å². The molecule has 0 aliphatic carbocycles. The van der Waals surface area contributed by atoms with Gasteiger partial charge in [0.25, 0.3) is 5.91 Å². The van der Waals surface area contributed by atoms with Crippen molar-refractivity contribution in [1.82, 2.24) is 4.98 Å². The highest BCUT2D eigenvalue weighted by atomic mass is 16.4. The summed E-state index contributed by atoms with van der Waals surface area (Å²) in [5.41, 5.74) is -0.0891. The Morgan fingerprint density at radius 2 is 2.12 bits per heavy atom. The van der Waals surface area contributed by atoms with Gasteiger partial charge in [-0.3, -0.25) is 4.79 Å². The summed E-state index contributed by atoms with van der Waals surface area (Å²) >= 11 is 0. The molecular formula is C11H8N2O4. The van der Waals surface area contributed by atoms with E-state index in [4.69, 9.17) is 9.52 Å². The number of nitrogens with zero attached hydrogens (tertiary/aromatic N) is 1. The van der Waals surface area contributed by atoms with Crippen LogP contribution in [0.25, 0.3) is 0 Å². The molecule has 0 radical (unpaired) electrons. The van der Waals surface area contributed by atoms with E-state index < -0.39 is 11.9 Å². The third kappa shape index (κ3) is 2.31. The van der Waals surface area contributed by atoms with Gasteiger partial charge >= 0.3 is 5.97 Å². The number of carbonyl (C=O) groups excluding carboxylic acids is 1. The molecular weight excluding hydrogens is 224 g/mol. The Balaban J connectivity index is 2.25. The van der Waals surface area contributed by atoms with E-state index in [2.05, 4.69) is 10.3 Å². The van der Waals surface area contributed by atoms with Crippen LogP contribution in [-0.4, -0.2) is 22.0 Å². The third-order valence-corrected chi connectivity index (χ3v) is 2.00. The van der Waals surface area contributed by atoms with Gasteiger partial charge in [0, 0.05) is 6.20 Å². The molecule has 0 saturated heterocycles. The van der Waals surface area contributed by atoms with Gasteiger partial charge < -0.3 is 14.8 Å². The number of hydrogen-bond donors (Lipinski definition) is 2. The van der Waals surface area contributed by atoms with E-state index in [-0.39, 0.29) is 17.1 Å². The molecule has 2 heterocycles. The van der Waals surface area contributed by atoms with Crippen LogP contribution in [0.4, 0.5) is 5.69 Å². The molecule has 2 aromatic heterocycles. The van der Waals surface area contributed by atoms with Crippen molar-refractivity contribution in [2.24, 2.45) is 0 Å². The maximum Gasteiger partial charge on any atom is 0.356 e. The van der Waals surface area contributed by atoms with Crippen molar-refractivity contribution in [3.05, 3.63) is 48.2 Å². The number of furan rings is 1. The van der Waals surface area contributed by atoms with Crippen LogP contribution in [0.5, 0.6) is 0 Å². The molecule has 0 spiro atoms. The lowest BCUT2D eigenvalue weighted by molar-refractivity contribution is 0.0691. The first-order valence-electron chi connectivity index (χ1n) is 4.71. The SMILES string of the molecule is O=C(Nc1cccnc1C(=O)O)c1ccco1. The zero-order chi connectivity index (χ0) is 12.3. The van der Waals surface area contributed by atoms with E-state index in [0.717, 1.165) is 0 Å². The fourth-order valence-electron chi connectivity index (χ4n) is 1.27. The summed E-state index contributed by atoms with van der Waals surface area (Å²) < 4.78 is 4.89. The minimum absolute atomic E-state index is 0.102. The van der Waals surface area contributed by atoms with Crippen LogP contribution in [0.3, 0.4) is 0 Å². The predicted octanol–water partition coefficient (Wildman–Crippen LogP) is 1.63. The zero-order valence-electron chi connectivity index (χ0n) is 8.58. The molecule has 2 rings (SSSR count). The molecule has 6 nitrogen and oxygen atoms in total. The Kier molecular flexibility index (Phi) is 2.87. The number of pyridine rings is 1. The average Bonchev–Trinajstić information content (AvgIpc) is 2.83. The Labute approximate surface area is 95.9 Å². The number of rotatable bonds is 3. The first-order chi connectivity index (χ1) is 8.18. The van der Waals surface area contributed by atoms with Crippen LogP contribution in [0.1, 0.15) is 21.0 Å². The monoisotopic (exact) mass is 232 g/mol. The largest absolute Gasteiger partial charge is 0.476 e. The number of anilines is 1. The van der Waals surface area contributed by atoms with Gasteiger partial charge in [0.05, 0.1) is 12.0 Å². The highest BCUT2D eigenvalue weighted by Gasteiger charge is 2.15. The minimum atomic E-state index is -1.21. The Morgan fingerprint density at radius 3 is 2.76 bits per heavy atom. The summed E-state index contributed by atoms with van der Waals surface area (Å²) in [6.07, 6.45) is 2.70. The Hall–Kier alpha value is -2.63. The Bertz CT molecular complexity index is 548. The van der Waals surface area contributed by atoms with E-state index in [1.54, 1.807) is 6.07 Å². The van der Waals surface area contributed by atoms with Gasteiger partial charge in [0.2, 0.25) is 0 Å². The number of carbonyl (C=O) groups is 2. The van der Waals surface area contributed by atoms with E-state index in [0.29, 0.717) is 0 Å². The standard InChI is InChI=1S/C11H8N2O4/c14-10(8-4-2-6-17-8)13-7-3-1-5-12-9(7)11(15)16/h1-6H,(H,13,14)(H,15,16). The molecule has 0 saturated carbocycles. The number of nitrogens with one attached hydrogen (secondary N) is 1. The van der Waals surface area contributed by atoms with Crippen molar-refractivity contribution < 1.29 is 19.1 Å². The molecule has 0 atom stereocenters. The van der Waals surface area contributed by atoms with E-state index in [1.165, 1.54) is 30.7 Å². The summed E-state index contributed by atoms with van der Waals surface area (Å²) in [5, 5.41) is 11.3. The zero-order valence-corrected chi connectivity index (χ0v) is 8.58. The third-order valence-electron chi connectivity index (χ3n) is 2.00. The molecule has 2 aromatic rings. The van der Waals surface area contributed by atoms with Gasteiger partial charge in [-0.25, -0.2) is 9.78 Å². The normalized spacial score (nSPS) is 9.88. The molecule has 0 aliphatic heterocycles. The van der Waals surface area contributed by atoms with Gasteiger partial charge in [0.1, 0.15) is 0 Å². The molecule has 0 aliphatic rings. The van der Waals surface area contributed by atoms with Gasteiger partial charge in [0.15, 0.2) is 11.5 Å². The van der Waals surface area contributed by atoms with Crippen molar-refractivity contribution in [3.63, 3.8) is 0 Å². The summed E-state index contributed by atoms with van der Waals surface area (Å²) in [4.78, 5) is 26.1. The summed E-state index contributed by atoms with van der Waals surface area (Å²) in [6, 6.07) is 6.03. The second-order valence-electron chi connectivity index (χ2n) is 3.14. The van der Waals surface area contributed by atoms with Crippen LogP contribution in [-0.2, 0) is 0 Å². The molecule has 86 valence electrons. The maximum absolute atomic E-state index is 11.6. The molecule has 2 N–H and O–H groups in total. The number of aromatic carboxylic acids is 1. The van der Waals surface area contributed by atoms with Gasteiger partial charge in [-0.15, -0.1) is 0 Å². The van der Waals surface area contributed by atoms with Crippen molar-refractivity contribution >= 4 is 17.6 Å². The number of amides is 1. The van der Waals surface area contributed by atoms with Crippen molar-refractivity contribution in [1.29, 1.82) is 0 Å². The summed E-state index contributed by atoms with van der Waals surface area (Å²) in [7, 11) is 0. The quantitative estimate of drug-likeness (QED) is 0.838. The predicted molar refractivity (Wildman–Crippen MR) is 57.9 cm³/mol. The topological polar surface area (TPSA) is 92.4 Å². The van der Waals surface area contributed by atoms with Crippen LogP contribution in [0.2, 0.25) is 0 Å². The van der Waals surface area contributed by atoms with Crippen LogP contribution >= 0.6 is 0 Å². The molecule has 0 fully saturated rings. The fraction of sp³-hybridized carbons (Fsp3) is 0. The number of carboxylic acid groups (broad SMARTS) is 1. The first-order valence-corrected chi connectivity index (χ1v) is 4.71. The highest BCUT2D eigenvalue weighted by Crippen LogP contribution is 2.13. The average molecular weight is 232 g/mol. The fourth-order valence-corrected chi connectivity index (χ4v) is 1.27. The smallest absolute Gasteiger partial charge is 0.356 e. The second kappa shape index (κ2) is 4.48. The molecule has 6 heteroatoms. The number of aromatic nitrogens is 1. The Morgan fingerprint density at radius 1 is 1.29 bits per heavy atom. The lowest BCUT2D eigenvalue weighted by Gasteiger charge is -2.05. The lowest BCUT2D eigenvalue weighted by Crippen LogP contribution is -2.15. The van der Waals surface area contributed by atoms with E-state index in [9.17, 15) is 9.59 Å². The molecule has 0 aromatic carbocycles. The number of hydrogen-bond acceptors (Lipinski definition) is 4. The van der Waals surface area contributed by atoms with Crippen molar-refractivity contribution in [2.45, 2.75) is 0 Å². The molecule has 0 unspecified atom stereocenters. The van der Waals surface area contributed by atoms with Crippen molar-refractivity contribution in [3.8, 4) is 0 Å². The van der Waals surface area contributed by atoms with Crippen LogP contribution in [0.15, 0.2) is 41.1 Å². The van der Waals surface area contributed by atoms with Gasteiger partial charge in [-0.05, 0) is 24.3 Å². The lowest BCUT2D eigenvalue weighted by atomic mass is 10.3.